The van der Waals surface area contributed by atoms with E-state index in [1.54, 1.807) is 24.4 Å². The number of carboxylic acid groups (broad SMARTS) is 2. The van der Waals surface area contributed by atoms with Crippen molar-refractivity contribution in [3.05, 3.63) is 106 Å². The third-order valence-corrected chi connectivity index (χ3v) is 11.6. The minimum atomic E-state index is -0.868. The van der Waals surface area contributed by atoms with Gasteiger partial charge in [0.1, 0.15) is 42.4 Å². The SMILES string of the molecule is Cc1ccccc1C1=CC=CC(COc2cc(OCc3cncc(C#N)c3)c(CN3CCCC[C@H]3C(=O)O)cc2Cl)(OCCCN2CCC[C@@H](C(=O)O)C2)C1C. The van der Waals surface area contributed by atoms with Gasteiger partial charge in [-0.1, -0.05) is 61.4 Å². The van der Waals surface area contributed by atoms with Gasteiger partial charge in [-0.2, -0.15) is 5.26 Å². The molecule has 4 atom stereocenters. The summed E-state index contributed by atoms with van der Waals surface area (Å²) in [7, 11) is 0. The van der Waals surface area contributed by atoms with Crippen molar-refractivity contribution in [3.8, 4) is 17.6 Å². The molecule has 0 spiro atoms. The molecule has 2 N–H and O–H groups in total. The average molecular weight is 783 g/mol. The first-order valence-electron chi connectivity index (χ1n) is 19.5. The highest BCUT2D eigenvalue weighted by atomic mass is 35.5. The zero-order chi connectivity index (χ0) is 39.7. The molecule has 2 aliphatic heterocycles. The van der Waals surface area contributed by atoms with Crippen LogP contribution in [0.1, 0.15) is 73.3 Å². The van der Waals surface area contributed by atoms with Crippen LogP contribution in [0.5, 0.6) is 11.5 Å². The van der Waals surface area contributed by atoms with E-state index in [2.05, 4.69) is 54.1 Å². The van der Waals surface area contributed by atoms with Crippen molar-refractivity contribution in [3.63, 3.8) is 0 Å². The van der Waals surface area contributed by atoms with Crippen LogP contribution in [0.3, 0.4) is 0 Å². The maximum Gasteiger partial charge on any atom is 0.320 e. The van der Waals surface area contributed by atoms with Crippen molar-refractivity contribution >= 4 is 29.1 Å². The number of halogens is 1. The predicted molar refractivity (Wildman–Crippen MR) is 213 cm³/mol. The summed E-state index contributed by atoms with van der Waals surface area (Å²) in [6.07, 6.45) is 14.0. The number of allylic oxidation sites excluding steroid dienone is 2. The lowest BCUT2D eigenvalue weighted by molar-refractivity contribution is -0.145. The molecule has 12 heteroatoms. The first kappa shape index (κ1) is 40.9. The van der Waals surface area contributed by atoms with E-state index in [9.17, 15) is 25.1 Å². The second kappa shape index (κ2) is 18.9. The van der Waals surface area contributed by atoms with E-state index in [0.29, 0.717) is 66.7 Å². The van der Waals surface area contributed by atoms with Gasteiger partial charge >= 0.3 is 11.9 Å². The van der Waals surface area contributed by atoms with Crippen LogP contribution in [0, 0.1) is 30.1 Å². The van der Waals surface area contributed by atoms with E-state index >= 15 is 0 Å². The maximum absolute atomic E-state index is 12.2. The Hall–Kier alpha value is -4.73. The summed E-state index contributed by atoms with van der Waals surface area (Å²) < 4.78 is 19.9. The summed E-state index contributed by atoms with van der Waals surface area (Å²) in [4.78, 5) is 32.2. The number of likely N-dealkylation sites (tertiary alicyclic amines) is 2. The molecule has 3 aliphatic rings. The van der Waals surface area contributed by atoms with Crippen LogP contribution in [0.4, 0.5) is 0 Å². The number of aromatic nitrogens is 1. The summed E-state index contributed by atoms with van der Waals surface area (Å²) in [6.45, 7) is 8.07. The highest BCUT2D eigenvalue weighted by molar-refractivity contribution is 6.32. The number of hydrogen-bond donors (Lipinski definition) is 2. The number of ether oxygens (including phenoxy) is 3. The average Bonchev–Trinajstić information content (AvgIpc) is 3.20. The Labute approximate surface area is 334 Å². The highest BCUT2D eigenvalue weighted by Gasteiger charge is 2.41. The number of nitrogens with zero attached hydrogens (tertiary/aromatic N) is 4. The lowest BCUT2D eigenvalue weighted by Gasteiger charge is -2.40. The molecule has 11 nitrogen and oxygen atoms in total. The van der Waals surface area contributed by atoms with Crippen LogP contribution < -0.4 is 9.47 Å². The number of pyridine rings is 1. The lowest BCUT2D eigenvalue weighted by Crippen LogP contribution is -2.46. The monoisotopic (exact) mass is 782 g/mol. The smallest absolute Gasteiger partial charge is 0.320 e. The van der Waals surface area contributed by atoms with Crippen molar-refractivity contribution in [1.29, 1.82) is 5.26 Å². The van der Waals surface area contributed by atoms with Crippen LogP contribution in [0.25, 0.3) is 5.57 Å². The van der Waals surface area contributed by atoms with Gasteiger partial charge in [0.25, 0.3) is 0 Å². The van der Waals surface area contributed by atoms with Gasteiger partial charge in [-0.15, -0.1) is 0 Å². The number of rotatable bonds is 16. The van der Waals surface area contributed by atoms with Crippen LogP contribution in [-0.2, 0) is 27.5 Å². The number of nitriles is 1. The lowest BCUT2D eigenvalue weighted by atomic mass is 9.76. The summed E-state index contributed by atoms with van der Waals surface area (Å²) in [6, 6.07) is 15.1. The number of hydrogen-bond acceptors (Lipinski definition) is 9. The van der Waals surface area contributed by atoms with Gasteiger partial charge in [0.05, 0.1) is 16.5 Å². The molecule has 2 saturated heterocycles. The fourth-order valence-corrected chi connectivity index (χ4v) is 8.33. The fourth-order valence-electron chi connectivity index (χ4n) is 8.09. The quantitative estimate of drug-likeness (QED) is 0.139. The normalized spacial score (nSPS) is 22.9. The number of benzene rings is 2. The third kappa shape index (κ3) is 9.98. The van der Waals surface area contributed by atoms with E-state index < -0.39 is 23.6 Å². The Morgan fingerprint density at radius 1 is 1.04 bits per heavy atom. The number of aliphatic carboxylic acids is 2. The summed E-state index contributed by atoms with van der Waals surface area (Å²) in [5, 5.41) is 29.3. The molecule has 296 valence electrons. The molecular weight excluding hydrogens is 732 g/mol. The zero-order valence-corrected chi connectivity index (χ0v) is 32.9. The Kier molecular flexibility index (Phi) is 13.8. The predicted octanol–water partition coefficient (Wildman–Crippen LogP) is 7.54. The minimum Gasteiger partial charge on any atom is -0.489 e. The van der Waals surface area contributed by atoms with Crippen molar-refractivity contribution < 1.29 is 34.0 Å². The molecule has 56 heavy (non-hydrogen) atoms. The van der Waals surface area contributed by atoms with Gasteiger partial charge in [-0.3, -0.25) is 19.5 Å². The van der Waals surface area contributed by atoms with E-state index in [0.717, 1.165) is 61.0 Å². The molecule has 0 radical (unpaired) electrons. The van der Waals surface area contributed by atoms with Crippen molar-refractivity contribution in [1.82, 2.24) is 14.8 Å². The molecule has 0 saturated carbocycles. The molecule has 2 aromatic carbocycles. The van der Waals surface area contributed by atoms with E-state index in [1.165, 1.54) is 6.20 Å². The molecule has 2 unspecified atom stereocenters. The highest BCUT2D eigenvalue weighted by Crippen LogP contribution is 2.42. The van der Waals surface area contributed by atoms with Gasteiger partial charge in [0, 0.05) is 61.7 Å². The molecule has 1 aromatic heterocycles. The van der Waals surface area contributed by atoms with Gasteiger partial charge in [-0.25, -0.2) is 0 Å². The topological polar surface area (TPSA) is 145 Å². The number of piperidine rings is 2. The summed E-state index contributed by atoms with van der Waals surface area (Å²) in [5.74, 6) is -1.15. The molecule has 0 bridgehead atoms. The molecule has 3 aromatic rings. The maximum atomic E-state index is 12.2. The van der Waals surface area contributed by atoms with Crippen LogP contribution in [0.2, 0.25) is 5.02 Å². The van der Waals surface area contributed by atoms with Gasteiger partial charge in [-0.05, 0) is 87.0 Å². The van der Waals surface area contributed by atoms with Crippen molar-refractivity contribution in [2.45, 2.75) is 77.2 Å². The molecule has 6 rings (SSSR count). The summed E-state index contributed by atoms with van der Waals surface area (Å²) in [5.41, 5.74) is 4.41. The second-order valence-corrected chi connectivity index (χ2v) is 15.5. The van der Waals surface area contributed by atoms with Gasteiger partial charge in [0.2, 0.25) is 0 Å². The van der Waals surface area contributed by atoms with Crippen molar-refractivity contribution in [2.75, 3.05) is 39.4 Å². The van der Waals surface area contributed by atoms with Crippen LogP contribution in [0.15, 0.2) is 73.1 Å². The Bertz CT molecular complexity index is 1980. The Morgan fingerprint density at radius 3 is 2.66 bits per heavy atom. The van der Waals surface area contributed by atoms with Gasteiger partial charge in [0.15, 0.2) is 0 Å². The second-order valence-electron chi connectivity index (χ2n) is 15.1. The minimum absolute atomic E-state index is 0.110. The van der Waals surface area contributed by atoms with Crippen LogP contribution in [-0.4, -0.2) is 88.0 Å². The molecular formula is C44H51ClN4O7. The molecule has 1 aliphatic carbocycles. The largest absolute Gasteiger partial charge is 0.489 e. The van der Waals surface area contributed by atoms with E-state index in [4.69, 9.17) is 25.8 Å². The van der Waals surface area contributed by atoms with E-state index in [-0.39, 0.29) is 25.0 Å². The third-order valence-electron chi connectivity index (χ3n) is 11.3. The first-order chi connectivity index (χ1) is 27.1. The molecule has 2 fully saturated rings. The van der Waals surface area contributed by atoms with Gasteiger partial charge < -0.3 is 29.3 Å². The zero-order valence-electron chi connectivity index (χ0n) is 32.2. The number of carboxylic acids is 2. The Morgan fingerprint density at radius 2 is 1.88 bits per heavy atom. The van der Waals surface area contributed by atoms with Crippen molar-refractivity contribution in [2.24, 2.45) is 11.8 Å². The first-order valence-corrected chi connectivity index (χ1v) is 19.9. The Balaban J connectivity index is 1.25. The molecule has 0 amide bonds. The molecule has 3 heterocycles. The number of carbonyl (C=O) groups is 2. The standard InChI is InChI=1S/C44H51ClN4O7/c1-30-10-3-4-12-36(30)37-13-7-15-44(31(37)2,56-19-9-17-48-16-8-11-34(26-48)42(50)51)29-55-41-22-40(54-28-33-20-32(23-46)24-47-25-33)35(21-38(41)45)27-49-18-6-5-14-39(49)43(52)53/h3-4,7,10,12-13,15,20-22,24-25,31,34,39H,5-6,8-9,11,14,16-19,26-29H2,1-2H3,(H,50,51)(H,52,53)/t31?,34-,39+,44?/m1/s1. The fraction of sp³-hybridized carbons (Fsp3) is 0.455. The van der Waals surface area contributed by atoms with Crippen LogP contribution >= 0.6 is 11.6 Å². The van der Waals surface area contributed by atoms with E-state index in [1.807, 2.05) is 23.1 Å². The number of aryl methyl sites for hydroxylation is 1. The summed E-state index contributed by atoms with van der Waals surface area (Å²) >= 11 is 6.99.